The zero-order valence-corrected chi connectivity index (χ0v) is 28.5. The molecule has 0 radical (unpaired) electrons. The van der Waals surface area contributed by atoms with Crippen molar-refractivity contribution in [2.24, 2.45) is 5.73 Å². The molecule has 2 bridgehead atoms. The molecule has 6 amide bonds. The highest BCUT2D eigenvalue weighted by Crippen LogP contribution is 2.20. The first kappa shape index (κ1) is 37.0. The summed E-state index contributed by atoms with van der Waals surface area (Å²) in [5.74, 6) is -3.93. The monoisotopic (exact) mass is 702 g/mol. The number of nitrogens with two attached hydrogens (primary N) is 1. The quantitative estimate of drug-likeness (QED) is 0.131. The second-order valence-electron chi connectivity index (χ2n) is 13.1. The van der Waals surface area contributed by atoms with Gasteiger partial charge >= 0.3 is 0 Å². The maximum Gasteiger partial charge on any atom is 0.245 e. The van der Waals surface area contributed by atoms with Gasteiger partial charge in [-0.25, -0.2) is 0 Å². The number of carbonyl (C=O) groups excluding carboxylic acids is 6. The lowest BCUT2D eigenvalue weighted by molar-refractivity contribution is -0.139. The van der Waals surface area contributed by atoms with Gasteiger partial charge in [0, 0.05) is 36.5 Å². The molecule has 2 saturated heterocycles. The number of para-hydroxylation sites is 1. The average Bonchev–Trinajstić information content (AvgIpc) is 3.67. The van der Waals surface area contributed by atoms with E-state index in [0.717, 1.165) is 22.0 Å². The fourth-order valence-electron chi connectivity index (χ4n) is 6.46. The number of H-pyrrole nitrogens is 1. The molecule has 3 heterocycles. The van der Waals surface area contributed by atoms with Crippen molar-refractivity contribution in [3.63, 3.8) is 0 Å². The summed E-state index contributed by atoms with van der Waals surface area (Å²) in [6.07, 6.45) is 1.88. The first-order chi connectivity index (χ1) is 24.5. The molecule has 2 aromatic carbocycles. The van der Waals surface area contributed by atoms with Crippen LogP contribution in [0.25, 0.3) is 10.9 Å². The van der Waals surface area contributed by atoms with Crippen molar-refractivity contribution < 1.29 is 33.9 Å². The van der Waals surface area contributed by atoms with Gasteiger partial charge in [-0.15, -0.1) is 0 Å². The number of unbranched alkanes of at least 4 members (excludes halogenated alkanes) is 1. The number of aromatic amines is 1. The third kappa shape index (κ3) is 9.49. The van der Waals surface area contributed by atoms with E-state index in [1.54, 1.807) is 18.3 Å². The van der Waals surface area contributed by atoms with Crippen LogP contribution in [0.1, 0.15) is 43.7 Å². The molecule has 2 fully saturated rings. The fourth-order valence-corrected chi connectivity index (χ4v) is 6.46. The Morgan fingerprint density at radius 2 is 1.45 bits per heavy atom. The van der Waals surface area contributed by atoms with Crippen molar-refractivity contribution in [2.75, 3.05) is 19.6 Å². The molecule has 15 heteroatoms. The molecule has 15 nitrogen and oxygen atoms in total. The van der Waals surface area contributed by atoms with Gasteiger partial charge in [-0.1, -0.05) is 48.5 Å². The molecule has 0 unspecified atom stereocenters. The summed E-state index contributed by atoms with van der Waals surface area (Å²) in [7, 11) is 0. The zero-order chi connectivity index (χ0) is 36.5. The largest absolute Gasteiger partial charge is 0.391 e. The Kier molecular flexibility index (Phi) is 12.4. The minimum absolute atomic E-state index is 0.0348. The van der Waals surface area contributed by atoms with Crippen LogP contribution in [0, 0.1) is 0 Å². The Morgan fingerprint density at radius 1 is 0.784 bits per heavy atom. The van der Waals surface area contributed by atoms with Gasteiger partial charge in [0.05, 0.1) is 12.6 Å². The van der Waals surface area contributed by atoms with Crippen LogP contribution < -0.4 is 32.3 Å². The van der Waals surface area contributed by atoms with Crippen LogP contribution >= 0.6 is 0 Å². The summed E-state index contributed by atoms with van der Waals surface area (Å²) in [6.45, 7) is 1.46. The third-order valence-electron chi connectivity index (χ3n) is 9.26. The van der Waals surface area contributed by atoms with Crippen molar-refractivity contribution in [3.8, 4) is 0 Å². The molecule has 0 spiro atoms. The minimum Gasteiger partial charge on any atom is -0.391 e. The molecule has 2 aliphatic rings. The highest BCUT2D eigenvalue weighted by molar-refractivity contribution is 5.98. The summed E-state index contributed by atoms with van der Waals surface area (Å²) < 4.78 is 0. The average molecular weight is 703 g/mol. The van der Waals surface area contributed by atoms with Crippen molar-refractivity contribution in [1.82, 2.24) is 36.5 Å². The van der Waals surface area contributed by atoms with Crippen LogP contribution in [0.3, 0.4) is 0 Å². The highest BCUT2D eigenvalue weighted by Gasteiger charge is 2.38. The Hall–Kier alpha value is -5.28. The molecule has 6 atom stereocenters. The standard InChI is InChI=1S/C36H46N8O7/c1-21(45)31-35(50)41-27-14-16-44(36(27)51)20-30(46)39-28(17-22-9-3-2-4-10-22)33(48)42-29(18-23-19-38-25-12-6-5-11-24(23)25)34(49)40-26(32(47)43-31)13-7-8-15-37/h2-6,9-12,19,21,26-29,31,38,45H,7-8,13-18,20,37H2,1H3,(H,39,46)(H,40,49)(H,41,50)(H,42,48)(H,43,47)/t21-,26+,27+,28+,29-,31+/m1/s1. The van der Waals surface area contributed by atoms with E-state index < -0.39 is 71.8 Å². The van der Waals surface area contributed by atoms with Crippen LogP contribution in [0.15, 0.2) is 60.8 Å². The molecular weight excluding hydrogens is 656 g/mol. The molecule has 272 valence electrons. The van der Waals surface area contributed by atoms with Crippen LogP contribution in [0.2, 0.25) is 0 Å². The van der Waals surface area contributed by atoms with E-state index in [-0.39, 0.29) is 38.8 Å². The number of amides is 6. The number of nitrogens with one attached hydrogen (secondary N) is 6. The number of rotatable bonds is 9. The van der Waals surface area contributed by atoms with Gasteiger partial charge in [-0.05, 0) is 56.3 Å². The summed E-state index contributed by atoms with van der Waals surface area (Å²) in [6, 6.07) is 10.6. The van der Waals surface area contributed by atoms with E-state index in [1.165, 1.54) is 11.8 Å². The van der Waals surface area contributed by atoms with Gasteiger partial charge in [-0.2, -0.15) is 0 Å². The molecule has 3 aromatic rings. The van der Waals surface area contributed by atoms with E-state index >= 15 is 0 Å². The summed E-state index contributed by atoms with van der Waals surface area (Å²) >= 11 is 0. The first-order valence-corrected chi connectivity index (χ1v) is 17.3. The van der Waals surface area contributed by atoms with E-state index in [9.17, 15) is 33.9 Å². The van der Waals surface area contributed by atoms with Gasteiger partial charge in [-0.3, -0.25) is 28.8 Å². The van der Waals surface area contributed by atoms with Crippen LogP contribution in [-0.2, 0) is 41.6 Å². The summed E-state index contributed by atoms with van der Waals surface area (Å²) in [4.78, 5) is 86.3. The lowest BCUT2D eigenvalue weighted by Crippen LogP contribution is -2.61. The van der Waals surface area contributed by atoms with Gasteiger partial charge < -0.3 is 47.3 Å². The van der Waals surface area contributed by atoms with Crippen molar-refractivity contribution in [3.05, 3.63) is 71.9 Å². The number of aliphatic hydroxyl groups is 1. The molecular formula is C36H46N8O7. The van der Waals surface area contributed by atoms with Crippen molar-refractivity contribution in [1.29, 1.82) is 0 Å². The topological polar surface area (TPSA) is 228 Å². The predicted octanol–water partition coefficient (Wildman–Crippen LogP) is -0.867. The van der Waals surface area contributed by atoms with Crippen LogP contribution in [-0.4, -0.2) is 106 Å². The molecule has 2 aliphatic heterocycles. The number of hydrogen-bond donors (Lipinski definition) is 8. The lowest BCUT2D eigenvalue weighted by Gasteiger charge is -2.28. The van der Waals surface area contributed by atoms with Crippen molar-refractivity contribution >= 4 is 46.3 Å². The van der Waals surface area contributed by atoms with E-state index in [2.05, 4.69) is 31.6 Å². The zero-order valence-electron chi connectivity index (χ0n) is 28.5. The summed E-state index contributed by atoms with van der Waals surface area (Å²) in [5, 5.41) is 24.8. The number of hydrogen-bond acceptors (Lipinski definition) is 8. The maximum absolute atomic E-state index is 14.1. The Labute approximate surface area is 295 Å². The molecule has 1 aromatic heterocycles. The smallest absolute Gasteiger partial charge is 0.245 e. The Morgan fingerprint density at radius 3 is 2.18 bits per heavy atom. The SMILES string of the molecule is C[C@@H](O)[C@@H]1NC(=O)[C@H](CCCCN)NC(=O)[C@@H](Cc2c[nH]c3ccccc23)NC(=O)[C@H](Cc2ccccc2)NC(=O)CN2CC[C@H](NC1=O)C2=O. The van der Waals surface area contributed by atoms with E-state index in [1.807, 2.05) is 42.5 Å². The van der Waals surface area contributed by atoms with Gasteiger partial charge in [0.15, 0.2) is 0 Å². The van der Waals surface area contributed by atoms with Crippen LogP contribution in [0.5, 0.6) is 0 Å². The number of carbonyl (C=O) groups is 6. The summed E-state index contributed by atoms with van der Waals surface area (Å²) in [5.41, 5.74) is 8.01. The van der Waals surface area contributed by atoms with E-state index in [0.29, 0.717) is 19.4 Å². The third-order valence-corrected chi connectivity index (χ3v) is 9.26. The second kappa shape index (κ2) is 17.1. The van der Waals surface area contributed by atoms with Gasteiger partial charge in [0.2, 0.25) is 35.4 Å². The molecule has 51 heavy (non-hydrogen) atoms. The normalized spacial score (nSPS) is 24.5. The maximum atomic E-state index is 14.1. The first-order valence-electron chi connectivity index (χ1n) is 17.3. The number of aromatic nitrogens is 1. The molecule has 0 aliphatic carbocycles. The van der Waals surface area contributed by atoms with Crippen molar-refractivity contribution in [2.45, 2.75) is 81.8 Å². The number of fused-ring (bicyclic) bond motifs is 3. The van der Waals surface area contributed by atoms with E-state index in [4.69, 9.17) is 5.73 Å². The Bertz CT molecular complexity index is 1730. The van der Waals surface area contributed by atoms with Gasteiger partial charge in [0.1, 0.15) is 30.2 Å². The number of nitrogens with zero attached hydrogens (tertiary/aromatic N) is 1. The molecule has 9 N–H and O–H groups in total. The second-order valence-corrected chi connectivity index (χ2v) is 13.1. The molecule has 0 saturated carbocycles. The highest BCUT2D eigenvalue weighted by atomic mass is 16.3. The molecule has 5 rings (SSSR count). The minimum atomic E-state index is -1.45. The number of benzene rings is 2. The fraction of sp³-hybridized carbons (Fsp3) is 0.444. The van der Waals surface area contributed by atoms with Gasteiger partial charge in [0.25, 0.3) is 0 Å². The Balaban J connectivity index is 1.51. The predicted molar refractivity (Wildman–Crippen MR) is 188 cm³/mol. The lowest BCUT2D eigenvalue weighted by atomic mass is 10.0. The van der Waals surface area contributed by atoms with Crippen LogP contribution in [0.4, 0.5) is 0 Å². The number of aliphatic hydroxyl groups excluding tert-OH is 1.